The number of hydrogen-bond acceptors (Lipinski definition) is 4. The van der Waals surface area contributed by atoms with Gasteiger partial charge in [-0.05, 0) is 37.3 Å². The SMILES string of the molecule is Cc1ccc(S(=O)(=O)Nc2ccc3cncnc3c2)cc1. The topological polar surface area (TPSA) is 72.0 Å². The third-order valence-corrected chi connectivity index (χ3v) is 4.49. The van der Waals surface area contributed by atoms with Gasteiger partial charge >= 0.3 is 0 Å². The van der Waals surface area contributed by atoms with Crippen LogP contribution in [-0.2, 0) is 10.0 Å². The van der Waals surface area contributed by atoms with Crippen LogP contribution in [0.15, 0.2) is 59.9 Å². The molecule has 6 heteroatoms. The Labute approximate surface area is 122 Å². The lowest BCUT2D eigenvalue weighted by Gasteiger charge is -2.09. The molecule has 3 aromatic rings. The van der Waals surface area contributed by atoms with Crippen LogP contribution in [0.25, 0.3) is 10.9 Å². The van der Waals surface area contributed by atoms with Crippen LogP contribution in [0.2, 0.25) is 0 Å². The van der Waals surface area contributed by atoms with Gasteiger partial charge in [0.1, 0.15) is 6.33 Å². The van der Waals surface area contributed by atoms with Gasteiger partial charge in [0.25, 0.3) is 10.0 Å². The Morgan fingerprint density at radius 1 is 1.05 bits per heavy atom. The van der Waals surface area contributed by atoms with Crippen molar-refractivity contribution in [2.45, 2.75) is 11.8 Å². The van der Waals surface area contributed by atoms with E-state index in [2.05, 4.69) is 14.7 Å². The van der Waals surface area contributed by atoms with Crippen LogP contribution >= 0.6 is 0 Å². The van der Waals surface area contributed by atoms with E-state index in [1.54, 1.807) is 48.7 Å². The number of anilines is 1. The van der Waals surface area contributed by atoms with Gasteiger partial charge in [0.05, 0.1) is 16.1 Å². The van der Waals surface area contributed by atoms with Crippen LogP contribution in [0.5, 0.6) is 0 Å². The Balaban J connectivity index is 1.95. The molecule has 0 atom stereocenters. The second-order valence-electron chi connectivity index (χ2n) is 4.71. The molecule has 21 heavy (non-hydrogen) atoms. The van der Waals surface area contributed by atoms with Crippen LogP contribution < -0.4 is 4.72 Å². The van der Waals surface area contributed by atoms with Gasteiger partial charge in [0.2, 0.25) is 0 Å². The van der Waals surface area contributed by atoms with Crippen molar-refractivity contribution in [1.29, 1.82) is 0 Å². The number of aromatic nitrogens is 2. The fraction of sp³-hybridized carbons (Fsp3) is 0.0667. The van der Waals surface area contributed by atoms with Crippen molar-refractivity contribution >= 4 is 26.6 Å². The second-order valence-corrected chi connectivity index (χ2v) is 6.40. The minimum Gasteiger partial charge on any atom is -0.280 e. The molecule has 0 saturated heterocycles. The van der Waals surface area contributed by atoms with Crippen molar-refractivity contribution in [2.24, 2.45) is 0 Å². The third-order valence-electron chi connectivity index (χ3n) is 3.09. The fourth-order valence-electron chi connectivity index (χ4n) is 1.97. The van der Waals surface area contributed by atoms with Gasteiger partial charge in [-0.3, -0.25) is 4.72 Å². The summed E-state index contributed by atoms with van der Waals surface area (Å²) < 4.78 is 27.2. The number of fused-ring (bicyclic) bond motifs is 1. The number of aryl methyl sites for hydroxylation is 1. The van der Waals surface area contributed by atoms with Crippen molar-refractivity contribution in [2.75, 3.05) is 4.72 Å². The summed E-state index contributed by atoms with van der Waals surface area (Å²) >= 11 is 0. The summed E-state index contributed by atoms with van der Waals surface area (Å²) in [6, 6.07) is 11.9. The zero-order chi connectivity index (χ0) is 14.9. The first-order chi connectivity index (χ1) is 10.0. The standard InChI is InChI=1S/C15H13N3O2S/c1-11-2-6-14(7-3-11)21(19,20)18-13-5-4-12-9-16-10-17-15(12)8-13/h2-10,18H,1H3. The first-order valence-electron chi connectivity index (χ1n) is 6.34. The highest BCUT2D eigenvalue weighted by molar-refractivity contribution is 7.92. The number of nitrogens with one attached hydrogen (secondary N) is 1. The predicted octanol–water partition coefficient (Wildman–Crippen LogP) is 2.74. The Hall–Kier alpha value is -2.47. The van der Waals surface area contributed by atoms with E-state index in [9.17, 15) is 8.42 Å². The Morgan fingerprint density at radius 2 is 1.81 bits per heavy atom. The predicted molar refractivity (Wildman–Crippen MR) is 81.5 cm³/mol. The van der Waals surface area contributed by atoms with Crippen LogP contribution in [0, 0.1) is 6.92 Å². The number of benzene rings is 2. The molecule has 5 nitrogen and oxygen atoms in total. The molecular weight excluding hydrogens is 286 g/mol. The van der Waals surface area contributed by atoms with Gasteiger partial charge in [-0.15, -0.1) is 0 Å². The lowest BCUT2D eigenvalue weighted by Crippen LogP contribution is -2.12. The van der Waals surface area contributed by atoms with Crippen molar-refractivity contribution < 1.29 is 8.42 Å². The summed E-state index contributed by atoms with van der Waals surface area (Å²) in [7, 11) is -3.59. The van der Waals surface area contributed by atoms with E-state index < -0.39 is 10.0 Å². The molecule has 0 aliphatic rings. The largest absolute Gasteiger partial charge is 0.280 e. The molecule has 0 saturated carbocycles. The molecule has 0 bridgehead atoms. The van der Waals surface area contributed by atoms with Crippen LogP contribution in [-0.4, -0.2) is 18.4 Å². The number of hydrogen-bond donors (Lipinski definition) is 1. The molecule has 1 heterocycles. The molecular formula is C15H13N3O2S. The molecule has 1 aromatic heterocycles. The van der Waals surface area contributed by atoms with E-state index in [1.165, 1.54) is 6.33 Å². The number of sulfonamides is 1. The van der Waals surface area contributed by atoms with E-state index in [0.29, 0.717) is 11.2 Å². The van der Waals surface area contributed by atoms with Crippen molar-refractivity contribution in [3.8, 4) is 0 Å². The van der Waals surface area contributed by atoms with Crippen molar-refractivity contribution in [3.05, 3.63) is 60.6 Å². The van der Waals surface area contributed by atoms with Gasteiger partial charge in [-0.25, -0.2) is 18.4 Å². The lowest BCUT2D eigenvalue weighted by molar-refractivity contribution is 0.601. The molecule has 106 valence electrons. The molecule has 0 fully saturated rings. The highest BCUT2D eigenvalue weighted by Crippen LogP contribution is 2.20. The zero-order valence-corrected chi connectivity index (χ0v) is 12.1. The van der Waals surface area contributed by atoms with E-state index >= 15 is 0 Å². The zero-order valence-electron chi connectivity index (χ0n) is 11.3. The summed E-state index contributed by atoms with van der Waals surface area (Å²) in [5, 5.41) is 0.857. The van der Waals surface area contributed by atoms with E-state index in [4.69, 9.17) is 0 Å². The van der Waals surface area contributed by atoms with E-state index in [-0.39, 0.29) is 4.90 Å². The van der Waals surface area contributed by atoms with Crippen LogP contribution in [0.4, 0.5) is 5.69 Å². The maximum atomic E-state index is 12.3. The summed E-state index contributed by atoms with van der Waals surface area (Å²) in [5.41, 5.74) is 2.17. The molecule has 1 N–H and O–H groups in total. The van der Waals surface area contributed by atoms with Gasteiger partial charge in [-0.2, -0.15) is 0 Å². The monoisotopic (exact) mass is 299 g/mol. The first kappa shape index (κ1) is 13.5. The molecule has 2 aromatic carbocycles. The highest BCUT2D eigenvalue weighted by Gasteiger charge is 2.14. The molecule has 0 aliphatic heterocycles. The van der Waals surface area contributed by atoms with Crippen LogP contribution in [0.3, 0.4) is 0 Å². The average molecular weight is 299 g/mol. The summed E-state index contributed by atoms with van der Waals surface area (Å²) in [6.45, 7) is 1.91. The second kappa shape index (κ2) is 5.14. The third kappa shape index (κ3) is 2.85. The van der Waals surface area contributed by atoms with Crippen molar-refractivity contribution in [1.82, 2.24) is 9.97 Å². The van der Waals surface area contributed by atoms with Gasteiger partial charge < -0.3 is 0 Å². The number of nitrogens with zero attached hydrogens (tertiary/aromatic N) is 2. The van der Waals surface area contributed by atoms with E-state index in [0.717, 1.165) is 10.9 Å². The summed E-state index contributed by atoms with van der Waals surface area (Å²) in [5.74, 6) is 0. The summed E-state index contributed by atoms with van der Waals surface area (Å²) in [6.07, 6.45) is 3.11. The molecule has 0 unspecified atom stereocenters. The molecule has 0 amide bonds. The molecule has 0 spiro atoms. The minimum absolute atomic E-state index is 0.232. The lowest BCUT2D eigenvalue weighted by atomic mass is 10.2. The Kier molecular flexibility index (Phi) is 3.31. The smallest absolute Gasteiger partial charge is 0.261 e. The normalized spacial score (nSPS) is 11.5. The molecule has 0 aliphatic carbocycles. The van der Waals surface area contributed by atoms with Gasteiger partial charge in [0.15, 0.2) is 0 Å². The Bertz CT molecular complexity index is 890. The van der Waals surface area contributed by atoms with Gasteiger partial charge in [0, 0.05) is 11.6 Å². The van der Waals surface area contributed by atoms with E-state index in [1.807, 2.05) is 6.92 Å². The molecule has 3 rings (SSSR count). The van der Waals surface area contributed by atoms with Crippen molar-refractivity contribution in [3.63, 3.8) is 0 Å². The highest BCUT2D eigenvalue weighted by atomic mass is 32.2. The minimum atomic E-state index is -3.59. The first-order valence-corrected chi connectivity index (χ1v) is 7.82. The molecule has 0 radical (unpaired) electrons. The maximum Gasteiger partial charge on any atom is 0.261 e. The fourth-order valence-corrected chi connectivity index (χ4v) is 3.02. The maximum absolute atomic E-state index is 12.3. The van der Waals surface area contributed by atoms with Crippen LogP contribution in [0.1, 0.15) is 5.56 Å². The Morgan fingerprint density at radius 3 is 2.57 bits per heavy atom. The number of rotatable bonds is 3. The average Bonchev–Trinajstić information content (AvgIpc) is 2.47. The van der Waals surface area contributed by atoms with Gasteiger partial charge in [-0.1, -0.05) is 17.7 Å². The quantitative estimate of drug-likeness (QED) is 0.807. The summed E-state index contributed by atoms with van der Waals surface area (Å²) in [4.78, 5) is 8.27.